The third-order valence-corrected chi connectivity index (χ3v) is 5.23. The van der Waals surface area contributed by atoms with Gasteiger partial charge in [0.25, 0.3) is 5.91 Å². The highest BCUT2D eigenvalue weighted by atomic mass is 16.5. The van der Waals surface area contributed by atoms with Gasteiger partial charge in [0.1, 0.15) is 12.4 Å². The van der Waals surface area contributed by atoms with Gasteiger partial charge in [-0.1, -0.05) is 42.5 Å². The standard InChI is InChI=1S/C23H23NO2/c1-16-6-3-4-9-21(16)26-15-14-24(2)23(25)20-13-12-18-11-10-17-7-5-8-19(20)22(17)18/h3-9,12-13H,10-11,14-15H2,1-2H3. The minimum Gasteiger partial charge on any atom is -0.491 e. The molecule has 3 nitrogen and oxygen atoms in total. The van der Waals surface area contributed by atoms with Crippen LogP contribution >= 0.6 is 0 Å². The molecule has 0 bridgehead atoms. The highest BCUT2D eigenvalue weighted by Gasteiger charge is 2.20. The summed E-state index contributed by atoms with van der Waals surface area (Å²) in [6.07, 6.45) is 2.15. The number of aryl methyl sites for hydroxylation is 3. The molecular weight excluding hydrogens is 322 g/mol. The fraction of sp³-hybridized carbons (Fsp3) is 0.261. The molecule has 0 radical (unpaired) electrons. The van der Waals surface area contributed by atoms with E-state index < -0.39 is 0 Å². The molecule has 0 heterocycles. The van der Waals surface area contributed by atoms with Crippen LogP contribution in [0, 0.1) is 6.92 Å². The van der Waals surface area contributed by atoms with Crippen LogP contribution in [0.15, 0.2) is 54.6 Å². The van der Waals surface area contributed by atoms with E-state index in [9.17, 15) is 4.79 Å². The molecule has 3 aromatic carbocycles. The summed E-state index contributed by atoms with van der Waals surface area (Å²) in [4.78, 5) is 14.7. The molecule has 0 aromatic heterocycles. The van der Waals surface area contributed by atoms with Crippen LogP contribution in [0.2, 0.25) is 0 Å². The van der Waals surface area contributed by atoms with Gasteiger partial charge in [-0.15, -0.1) is 0 Å². The number of amides is 1. The molecule has 0 fully saturated rings. The number of carbonyl (C=O) groups is 1. The first kappa shape index (κ1) is 16.6. The number of likely N-dealkylation sites (N-methyl/N-ethyl adjacent to an activating group) is 1. The van der Waals surface area contributed by atoms with Crippen LogP contribution in [0.3, 0.4) is 0 Å². The summed E-state index contributed by atoms with van der Waals surface area (Å²) in [5, 5.41) is 2.36. The number of nitrogens with zero attached hydrogens (tertiary/aromatic N) is 1. The summed E-state index contributed by atoms with van der Waals surface area (Å²) in [7, 11) is 1.84. The van der Waals surface area contributed by atoms with E-state index in [1.165, 1.54) is 16.5 Å². The van der Waals surface area contributed by atoms with Crippen LogP contribution in [-0.2, 0) is 12.8 Å². The van der Waals surface area contributed by atoms with Crippen LogP contribution in [0.25, 0.3) is 10.8 Å². The minimum atomic E-state index is 0.0500. The monoisotopic (exact) mass is 345 g/mol. The van der Waals surface area contributed by atoms with E-state index in [1.807, 2.05) is 44.3 Å². The van der Waals surface area contributed by atoms with Gasteiger partial charge in [-0.2, -0.15) is 0 Å². The Bertz CT molecular complexity index is 967. The Kier molecular flexibility index (Phi) is 4.37. The summed E-state index contributed by atoms with van der Waals surface area (Å²) in [6, 6.07) is 18.3. The van der Waals surface area contributed by atoms with Crippen molar-refractivity contribution in [1.29, 1.82) is 0 Å². The molecule has 1 aliphatic carbocycles. The highest BCUT2D eigenvalue weighted by molar-refractivity contribution is 6.09. The van der Waals surface area contributed by atoms with Gasteiger partial charge in [0.15, 0.2) is 0 Å². The van der Waals surface area contributed by atoms with Crippen LogP contribution in [0.1, 0.15) is 27.0 Å². The summed E-state index contributed by atoms with van der Waals surface area (Å²) in [5.74, 6) is 0.924. The third-order valence-electron chi connectivity index (χ3n) is 5.23. The van der Waals surface area contributed by atoms with Crippen LogP contribution in [-0.4, -0.2) is 31.0 Å². The fourth-order valence-corrected chi connectivity index (χ4v) is 3.75. The van der Waals surface area contributed by atoms with Crippen molar-refractivity contribution in [3.05, 3.63) is 76.9 Å². The van der Waals surface area contributed by atoms with Crippen molar-refractivity contribution in [2.75, 3.05) is 20.2 Å². The lowest BCUT2D eigenvalue weighted by Crippen LogP contribution is -2.31. The fourth-order valence-electron chi connectivity index (χ4n) is 3.75. The zero-order chi connectivity index (χ0) is 18.1. The van der Waals surface area contributed by atoms with Crippen molar-refractivity contribution in [1.82, 2.24) is 4.90 Å². The predicted octanol–water partition coefficient (Wildman–Crippen LogP) is 4.40. The number of rotatable bonds is 5. The minimum absolute atomic E-state index is 0.0500. The van der Waals surface area contributed by atoms with Gasteiger partial charge in [-0.3, -0.25) is 4.79 Å². The van der Waals surface area contributed by atoms with Crippen LogP contribution in [0.4, 0.5) is 0 Å². The van der Waals surface area contributed by atoms with E-state index in [1.54, 1.807) is 4.90 Å². The van der Waals surface area contributed by atoms with Gasteiger partial charge in [-0.25, -0.2) is 0 Å². The van der Waals surface area contributed by atoms with Crippen molar-refractivity contribution >= 4 is 16.7 Å². The molecule has 4 rings (SSSR count). The van der Waals surface area contributed by atoms with Crippen molar-refractivity contribution in [2.24, 2.45) is 0 Å². The molecule has 0 saturated heterocycles. The molecular formula is C23H23NO2. The van der Waals surface area contributed by atoms with E-state index in [2.05, 4.69) is 24.3 Å². The van der Waals surface area contributed by atoms with Crippen molar-refractivity contribution in [2.45, 2.75) is 19.8 Å². The molecule has 0 N–H and O–H groups in total. The molecule has 1 amide bonds. The summed E-state index contributed by atoms with van der Waals surface area (Å²) in [6.45, 7) is 3.06. The first-order valence-corrected chi connectivity index (χ1v) is 9.12. The number of ether oxygens (including phenoxy) is 1. The molecule has 132 valence electrons. The average Bonchev–Trinajstić information content (AvgIpc) is 3.08. The molecule has 0 atom stereocenters. The Balaban J connectivity index is 1.49. The van der Waals surface area contributed by atoms with Gasteiger partial charge in [0, 0.05) is 12.6 Å². The van der Waals surface area contributed by atoms with Crippen molar-refractivity contribution in [3.63, 3.8) is 0 Å². The second-order valence-electron chi connectivity index (χ2n) is 6.95. The van der Waals surface area contributed by atoms with E-state index in [0.29, 0.717) is 13.2 Å². The Hall–Kier alpha value is -2.81. The lowest BCUT2D eigenvalue weighted by molar-refractivity contribution is 0.0775. The predicted molar refractivity (Wildman–Crippen MR) is 105 cm³/mol. The smallest absolute Gasteiger partial charge is 0.254 e. The number of benzene rings is 3. The molecule has 0 spiro atoms. The number of para-hydroxylation sites is 1. The molecule has 3 heteroatoms. The Morgan fingerprint density at radius 2 is 1.77 bits per heavy atom. The van der Waals surface area contributed by atoms with E-state index in [4.69, 9.17) is 4.74 Å². The van der Waals surface area contributed by atoms with Crippen molar-refractivity contribution < 1.29 is 9.53 Å². The van der Waals surface area contributed by atoms with Crippen LogP contribution in [0.5, 0.6) is 5.75 Å². The zero-order valence-electron chi connectivity index (χ0n) is 15.3. The molecule has 0 unspecified atom stereocenters. The lowest BCUT2D eigenvalue weighted by atomic mass is 9.99. The van der Waals surface area contributed by atoms with Gasteiger partial charge in [0.05, 0.1) is 6.54 Å². The number of hydrogen-bond donors (Lipinski definition) is 0. The van der Waals surface area contributed by atoms with Crippen LogP contribution < -0.4 is 4.74 Å². The van der Waals surface area contributed by atoms with Gasteiger partial charge >= 0.3 is 0 Å². The maximum Gasteiger partial charge on any atom is 0.254 e. The quantitative estimate of drug-likeness (QED) is 0.686. The highest BCUT2D eigenvalue weighted by Crippen LogP contribution is 2.33. The molecule has 26 heavy (non-hydrogen) atoms. The summed E-state index contributed by atoms with van der Waals surface area (Å²) in [5.41, 5.74) is 4.61. The first-order chi connectivity index (χ1) is 12.6. The van der Waals surface area contributed by atoms with Gasteiger partial charge < -0.3 is 9.64 Å². The first-order valence-electron chi connectivity index (χ1n) is 9.12. The molecule has 0 saturated carbocycles. The normalized spacial score (nSPS) is 12.4. The second-order valence-corrected chi connectivity index (χ2v) is 6.95. The second kappa shape index (κ2) is 6.83. The van der Waals surface area contributed by atoms with Gasteiger partial charge in [-0.05, 0) is 59.4 Å². The summed E-state index contributed by atoms with van der Waals surface area (Å²) >= 11 is 0. The number of hydrogen-bond acceptors (Lipinski definition) is 2. The van der Waals surface area contributed by atoms with E-state index in [-0.39, 0.29) is 5.91 Å². The Morgan fingerprint density at radius 1 is 1.00 bits per heavy atom. The SMILES string of the molecule is Cc1ccccc1OCCN(C)C(=O)c1ccc2c3c(cccc13)CC2. The molecule has 0 aliphatic heterocycles. The summed E-state index contributed by atoms with van der Waals surface area (Å²) < 4.78 is 5.84. The molecule has 3 aromatic rings. The Morgan fingerprint density at radius 3 is 2.58 bits per heavy atom. The average molecular weight is 345 g/mol. The molecule has 1 aliphatic rings. The Labute approximate surface area is 154 Å². The number of carbonyl (C=O) groups excluding carboxylic acids is 1. The third kappa shape index (κ3) is 2.94. The van der Waals surface area contributed by atoms with E-state index >= 15 is 0 Å². The topological polar surface area (TPSA) is 29.5 Å². The largest absolute Gasteiger partial charge is 0.491 e. The van der Waals surface area contributed by atoms with Gasteiger partial charge in [0.2, 0.25) is 0 Å². The van der Waals surface area contributed by atoms with Crippen molar-refractivity contribution in [3.8, 4) is 5.75 Å². The maximum atomic E-state index is 13.0. The zero-order valence-corrected chi connectivity index (χ0v) is 15.3. The lowest BCUT2D eigenvalue weighted by Gasteiger charge is -2.19. The maximum absolute atomic E-state index is 13.0. The van der Waals surface area contributed by atoms with E-state index in [0.717, 1.165) is 35.1 Å².